The number of aromatic nitrogens is 1. The number of nitrogens with zero attached hydrogens (tertiary/aromatic N) is 2. The molecule has 0 bridgehead atoms. The number of ether oxygens (including phenoxy) is 1. The Balaban J connectivity index is 2.04. The zero-order valence-corrected chi connectivity index (χ0v) is 19.1. The van der Waals surface area contributed by atoms with Crippen molar-refractivity contribution in [1.29, 1.82) is 0 Å². The van der Waals surface area contributed by atoms with Crippen molar-refractivity contribution in [2.45, 2.75) is 85.8 Å². The molecular weight excluding hydrogens is 356 g/mol. The lowest BCUT2D eigenvalue weighted by molar-refractivity contribution is 0.228. The minimum atomic E-state index is 0.152. The fourth-order valence-corrected chi connectivity index (χ4v) is 4.44. The molecule has 1 saturated heterocycles. The quantitative estimate of drug-likeness (QED) is 0.547. The van der Waals surface area contributed by atoms with Crippen molar-refractivity contribution < 1.29 is 4.74 Å². The molecule has 3 heteroatoms. The monoisotopic (exact) mass is 394 g/mol. The third-order valence-electron chi connectivity index (χ3n) is 5.99. The van der Waals surface area contributed by atoms with E-state index >= 15 is 0 Å². The molecule has 0 radical (unpaired) electrons. The number of likely N-dealkylation sites (tertiary alicyclic amines) is 1. The normalized spacial score (nSPS) is 15.5. The van der Waals surface area contributed by atoms with E-state index in [2.05, 4.69) is 63.8 Å². The fourth-order valence-electron chi connectivity index (χ4n) is 4.44. The molecule has 0 N–H and O–H groups in total. The van der Waals surface area contributed by atoms with Crippen LogP contribution in [0.1, 0.15) is 75.8 Å². The molecule has 2 aromatic rings. The Kier molecular flexibility index (Phi) is 7.71. The first-order valence-corrected chi connectivity index (χ1v) is 11.5. The van der Waals surface area contributed by atoms with E-state index in [1.54, 1.807) is 0 Å². The molecule has 0 atom stereocenters. The highest BCUT2D eigenvalue weighted by Crippen LogP contribution is 2.34. The summed E-state index contributed by atoms with van der Waals surface area (Å²) in [7, 11) is 0. The van der Waals surface area contributed by atoms with E-state index in [-0.39, 0.29) is 6.10 Å². The summed E-state index contributed by atoms with van der Waals surface area (Å²) in [5.74, 6) is 1.01. The summed E-state index contributed by atoms with van der Waals surface area (Å²) in [5, 5.41) is 0. The van der Waals surface area contributed by atoms with Crippen molar-refractivity contribution in [1.82, 2.24) is 9.88 Å². The SMILES string of the molecule is CCc1cccc(CC)c1-c1cc(OC(C)C)c(CN2CCCCCC2)c(C)n1. The van der Waals surface area contributed by atoms with Gasteiger partial charge in [-0.25, -0.2) is 0 Å². The lowest BCUT2D eigenvalue weighted by Crippen LogP contribution is -2.25. The minimum absolute atomic E-state index is 0.152. The van der Waals surface area contributed by atoms with Gasteiger partial charge in [0.15, 0.2) is 0 Å². The van der Waals surface area contributed by atoms with E-state index in [0.717, 1.165) is 36.5 Å². The number of hydrogen-bond acceptors (Lipinski definition) is 3. The molecule has 0 unspecified atom stereocenters. The molecule has 1 aromatic carbocycles. The Hall–Kier alpha value is -1.87. The van der Waals surface area contributed by atoms with Gasteiger partial charge in [0.1, 0.15) is 5.75 Å². The molecule has 0 saturated carbocycles. The third-order valence-corrected chi connectivity index (χ3v) is 5.99. The van der Waals surface area contributed by atoms with Crippen LogP contribution in [-0.4, -0.2) is 29.1 Å². The highest BCUT2D eigenvalue weighted by Gasteiger charge is 2.19. The van der Waals surface area contributed by atoms with Crippen molar-refractivity contribution in [2.75, 3.05) is 13.1 Å². The molecular formula is C26H38N2O. The standard InChI is InChI=1S/C26H38N2O/c1-6-21-13-12-14-22(7-2)26(21)24-17-25(29-19(3)4)23(20(5)27-24)18-28-15-10-8-9-11-16-28/h12-14,17,19H,6-11,15-16,18H2,1-5H3. The predicted molar refractivity (Wildman–Crippen MR) is 123 cm³/mol. The van der Waals surface area contributed by atoms with Gasteiger partial charge in [-0.3, -0.25) is 9.88 Å². The van der Waals surface area contributed by atoms with E-state index in [4.69, 9.17) is 9.72 Å². The van der Waals surface area contributed by atoms with Crippen molar-refractivity contribution >= 4 is 0 Å². The van der Waals surface area contributed by atoms with Gasteiger partial charge < -0.3 is 4.74 Å². The highest BCUT2D eigenvalue weighted by molar-refractivity contribution is 5.70. The van der Waals surface area contributed by atoms with Gasteiger partial charge in [0.2, 0.25) is 0 Å². The van der Waals surface area contributed by atoms with E-state index in [1.807, 2.05) is 0 Å². The lowest BCUT2D eigenvalue weighted by Gasteiger charge is -2.24. The smallest absolute Gasteiger partial charge is 0.128 e. The predicted octanol–water partition coefficient (Wildman–Crippen LogP) is 6.35. The lowest BCUT2D eigenvalue weighted by atomic mass is 9.94. The maximum atomic E-state index is 6.34. The average molecular weight is 395 g/mol. The number of aryl methyl sites for hydroxylation is 3. The Labute approximate surface area is 177 Å². The molecule has 0 aliphatic carbocycles. The molecule has 1 aromatic heterocycles. The zero-order valence-electron chi connectivity index (χ0n) is 19.1. The summed E-state index contributed by atoms with van der Waals surface area (Å²) in [6.45, 7) is 14.1. The summed E-state index contributed by atoms with van der Waals surface area (Å²) in [6, 6.07) is 8.85. The largest absolute Gasteiger partial charge is 0.491 e. The zero-order chi connectivity index (χ0) is 20.8. The number of benzene rings is 1. The van der Waals surface area contributed by atoms with Gasteiger partial charge in [-0.15, -0.1) is 0 Å². The molecule has 158 valence electrons. The van der Waals surface area contributed by atoms with Crippen LogP contribution in [0.25, 0.3) is 11.3 Å². The van der Waals surface area contributed by atoms with Gasteiger partial charge in [0.25, 0.3) is 0 Å². The van der Waals surface area contributed by atoms with Crippen molar-refractivity contribution in [2.24, 2.45) is 0 Å². The molecule has 1 fully saturated rings. The Bertz CT molecular complexity index is 782. The molecule has 3 nitrogen and oxygen atoms in total. The van der Waals surface area contributed by atoms with E-state index < -0.39 is 0 Å². The van der Waals surface area contributed by atoms with Gasteiger partial charge >= 0.3 is 0 Å². The van der Waals surface area contributed by atoms with E-state index in [1.165, 1.54) is 61.0 Å². The summed E-state index contributed by atoms with van der Waals surface area (Å²) < 4.78 is 6.34. The summed E-state index contributed by atoms with van der Waals surface area (Å²) in [4.78, 5) is 7.70. The van der Waals surface area contributed by atoms with Crippen LogP contribution >= 0.6 is 0 Å². The molecule has 2 heterocycles. The van der Waals surface area contributed by atoms with Crippen LogP contribution in [-0.2, 0) is 19.4 Å². The third kappa shape index (κ3) is 5.39. The van der Waals surface area contributed by atoms with Crippen molar-refractivity contribution in [3.63, 3.8) is 0 Å². The van der Waals surface area contributed by atoms with Crippen LogP contribution in [0.5, 0.6) is 5.75 Å². The minimum Gasteiger partial charge on any atom is -0.491 e. The van der Waals surface area contributed by atoms with Crippen molar-refractivity contribution in [3.05, 3.63) is 46.6 Å². The maximum absolute atomic E-state index is 6.34. The fraction of sp³-hybridized carbons (Fsp3) is 0.577. The van der Waals surface area contributed by atoms with Gasteiger partial charge in [-0.05, 0) is 70.7 Å². The molecule has 0 amide bonds. The van der Waals surface area contributed by atoms with Gasteiger partial charge in [0.05, 0.1) is 11.8 Å². The van der Waals surface area contributed by atoms with Crippen LogP contribution < -0.4 is 4.74 Å². The summed E-state index contributed by atoms with van der Waals surface area (Å²) >= 11 is 0. The molecule has 29 heavy (non-hydrogen) atoms. The van der Waals surface area contributed by atoms with Crippen LogP contribution in [0.4, 0.5) is 0 Å². The molecule has 3 rings (SSSR count). The summed E-state index contributed by atoms with van der Waals surface area (Å²) in [6.07, 6.45) is 7.49. The first-order valence-electron chi connectivity index (χ1n) is 11.5. The Morgan fingerprint density at radius 3 is 2.17 bits per heavy atom. The topological polar surface area (TPSA) is 25.4 Å². The van der Waals surface area contributed by atoms with E-state index in [9.17, 15) is 0 Å². The van der Waals surface area contributed by atoms with E-state index in [0.29, 0.717) is 0 Å². The number of rotatable bonds is 7. The Morgan fingerprint density at radius 1 is 1.00 bits per heavy atom. The second-order valence-corrected chi connectivity index (χ2v) is 8.58. The van der Waals surface area contributed by atoms with Gasteiger partial charge in [-0.1, -0.05) is 44.9 Å². The van der Waals surface area contributed by atoms with Crippen molar-refractivity contribution in [3.8, 4) is 17.0 Å². The number of hydrogen-bond donors (Lipinski definition) is 0. The second kappa shape index (κ2) is 10.2. The van der Waals surface area contributed by atoms with Crippen LogP contribution in [0, 0.1) is 6.92 Å². The van der Waals surface area contributed by atoms with Crippen LogP contribution in [0.3, 0.4) is 0 Å². The van der Waals surface area contributed by atoms with Gasteiger partial charge in [0, 0.05) is 29.4 Å². The number of pyridine rings is 1. The van der Waals surface area contributed by atoms with Gasteiger partial charge in [-0.2, -0.15) is 0 Å². The summed E-state index contributed by atoms with van der Waals surface area (Å²) in [5.41, 5.74) is 7.47. The first kappa shape index (κ1) is 21.8. The van der Waals surface area contributed by atoms with Crippen LogP contribution in [0.2, 0.25) is 0 Å². The highest BCUT2D eigenvalue weighted by atomic mass is 16.5. The second-order valence-electron chi connectivity index (χ2n) is 8.58. The maximum Gasteiger partial charge on any atom is 0.128 e. The van der Waals surface area contributed by atoms with Crippen LogP contribution in [0.15, 0.2) is 24.3 Å². The average Bonchev–Trinajstić information content (AvgIpc) is 2.98. The molecule has 1 aliphatic heterocycles. The molecule has 0 spiro atoms. The Morgan fingerprint density at radius 2 is 1.62 bits per heavy atom. The first-order chi connectivity index (χ1) is 14.0. The molecule has 1 aliphatic rings.